The molecule has 0 aromatic heterocycles. The Morgan fingerprint density at radius 3 is 2.50 bits per heavy atom. The molecule has 0 spiro atoms. The Hall–Kier alpha value is -3.21. The highest BCUT2D eigenvalue weighted by Crippen LogP contribution is 2.30. The minimum absolute atomic E-state index is 0. The maximum Gasteiger partial charge on any atom is 0.290 e. The second-order valence-electron chi connectivity index (χ2n) is 6.19. The van der Waals surface area contributed by atoms with Crippen LogP contribution in [0.5, 0.6) is 0 Å². The average molecular weight is 482 g/mol. The predicted molar refractivity (Wildman–Crippen MR) is 118 cm³/mol. The van der Waals surface area contributed by atoms with E-state index in [2.05, 4.69) is 17.2 Å². The smallest absolute Gasteiger partial charge is 0.290 e. The number of anilines is 1. The highest BCUT2D eigenvalue weighted by molar-refractivity contribution is 6.31. The van der Waals surface area contributed by atoms with Gasteiger partial charge in [0.05, 0.1) is 25.2 Å². The molecule has 6 N–H and O–H groups in total. The van der Waals surface area contributed by atoms with Crippen molar-refractivity contribution in [3.8, 4) is 0 Å². The molecule has 178 valence electrons. The Morgan fingerprint density at radius 2 is 1.88 bits per heavy atom. The predicted octanol–water partition coefficient (Wildman–Crippen LogP) is 3.34. The van der Waals surface area contributed by atoms with E-state index in [9.17, 15) is 18.0 Å². The SMILES string of the molecule is C.NC(N)=NOCCNC(=O)Cc1c(Cl)ccc(NCC(F)(F)c2ccccc2)c1F.[3H]F. The van der Waals surface area contributed by atoms with Crippen molar-refractivity contribution >= 4 is 29.2 Å². The van der Waals surface area contributed by atoms with E-state index in [1.807, 2.05) is 0 Å². The summed E-state index contributed by atoms with van der Waals surface area (Å²) in [6.07, 6.45) is -0.391. The first-order valence-corrected chi connectivity index (χ1v) is 9.20. The summed E-state index contributed by atoms with van der Waals surface area (Å²) in [5.41, 5.74) is 9.65. The van der Waals surface area contributed by atoms with Crippen molar-refractivity contribution in [2.24, 2.45) is 16.6 Å². The lowest BCUT2D eigenvalue weighted by atomic mass is 10.1. The first kappa shape index (κ1) is 26.8. The Balaban J connectivity index is 0.00000332. The number of oxime groups is 1. The van der Waals surface area contributed by atoms with E-state index >= 15 is 0 Å². The van der Waals surface area contributed by atoms with Gasteiger partial charge in [0.25, 0.3) is 7.37 Å². The summed E-state index contributed by atoms with van der Waals surface area (Å²) in [5.74, 6) is -4.91. The van der Waals surface area contributed by atoms with Crippen LogP contribution in [0, 0.1) is 5.82 Å². The largest absolute Gasteiger partial charge is 0.391 e. The highest BCUT2D eigenvalue weighted by Gasteiger charge is 2.31. The van der Waals surface area contributed by atoms with Crippen molar-refractivity contribution < 1.29 is 27.5 Å². The number of hydrogen-bond acceptors (Lipinski definition) is 4. The zero-order valence-corrected chi connectivity index (χ0v) is 16.9. The molecule has 0 bridgehead atoms. The summed E-state index contributed by atoms with van der Waals surface area (Å²) in [6, 6.07) is 9.74. The van der Waals surface area contributed by atoms with Crippen LogP contribution in [0.25, 0.3) is 0 Å². The fourth-order valence-corrected chi connectivity index (χ4v) is 2.68. The van der Waals surface area contributed by atoms with Crippen LogP contribution in [0.15, 0.2) is 47.6 Å². The van der Waals surface area contributed by atoms with Crippen LogP contribution in [0.3, 0.4) is 0 Å². The molecule has 2 rings (SSSR count). The molecule has 0 atom stereocenters. The van der Waals surface area contributed by atoms with Gasteiger partial charge in [-0.2, -0.15) is 8.78 Å². The quantitative estimate of drug-likeness (QED) is 0.137. The van der Waals surface area contributed by atoms with Gasteiger partial charge in [-0.3, -0.25) is 9.51 Å². The number of amides is 1. The standard InChI is InChI=1S/C19H21ClF3N5O2.CH4.FH/c20-14-6-7-15(27-11-19(22,23)12-4-2-1-3-5-12)17(21)13(14)10-16(29)26-8-9-30-28-18(24)25;;/h1-7,27H,8-11H2,(H,26,29)(H4,24,25,28);1H4;1H/i/hT. The Bertz CT molecular complexity index is 904. The van der Waals surface area contributed by atoms with Gasteiger partial charge in [-0.1, -0.05) is 49.4 Å². The lowest BCUT2D eigenvalue weighted by Crippen LogP contribution is -2.29. The molecule has 1 amide bonds. The molecule has 0 heterocycles. The van der Waals surface area contributed by atoms with Gasteiger partial charge in [-0.05, 0) is 17.3 Å². The lowest BCUT2D eigenvalue weighted by molar-refractivity contribution is -0.120. The molecule has 7 nitrogen and oxygen atoms in total. The maximum absolute atomic E-state index is 14.8. The van der Waals surface area contributed by atoms with E-state index in [-0.39, 0.29) is 48.4 Å². The molecule has 12 heteroatoms. The third-order valence-corrected chi connectivity index (χ3v) is 4.26. The Kier molecular flexibility index (Phi) is 11.1. The summed E-state index contributed by atoms with van der Waals surface area (Å²) in [5, 5.41) is 8.14. The summed E-state index contributed by atoms with van der Waals surface area (Å²) >= 11 is 5.98. The van der Waals surface area contributed by atoms with Crippen molar-refractivity contribution in [2.45, 2.75) is 19.8 Å². The molecule has 2 aromatic rings. The first-order valence-electron chi connectivity index (χ1n) is 9.20. The number of nitrogens with zero attached hydrogens (tertiary/aromatic N) is 1. The molecule has 2 aromatic carbocycles. The molecule has 0 unspecified atom stereocenters. The monoisotopic (exact) mass is 481 g/mol. The van der Waals surface area contributed by atoms with Crippen LogP contribution < -0.4 is 22.1 Å². The van der Waals surface area contributed by atoms with Gasteiger partial charge < -0.3 is 26.9 Å². The summed E-state index contributed by atoms with van der Waals surface area (Å²) < 4.78 is 56.4. The molecule has 0 fully saturated rings. The molecule has 32 heavy (non-hydrogen) atoms. The summed E-state index contributed by atoms with van der Waals surface area (Å²) in [6.45, 7) is -0.768. The van der Waals surface area contributed by atoms with Crippen LogP contribution >= 0.6 is 11.6 Å². The van der Waals surface area contributed by atoms with Gasteiger partial charge in [-0.25, -0.2) is 4.39 Å². The van der Waals surface area contributed by atoms with Gasteiger partial charge in [0.15, 0.2) is 5.82 Å². The minimum Gasteiger partial charge on any atom is -0.391 e. The molecule has 0 aliphatic rings. The number of carbonyl (C=O) groups excluding carboxylic acids is 1. The molecular formula is C20H26ClF4N5O2. The third kappa shape index (κ3) is 8.50. The maximum atomic E-state index is 14.8. The van der Waals surface area contributed by atoms with Crippen LogP contribution in [-0.4, -0.2) is 33.0 Å². The van der Waals surface area contributed by atoms with Crippen LogP contribution in [0.1, 0.15) is 18.6 Å². The molecular weight excluding hydrogens is 454 g/mol. The summed E-state index contributed by atoms with van der Waals surface area (Å²) in [7, 11) is 0. The minimum atomic E-state index is -3.22. The van der Waals surface area contributed by atoms with Crippen LogP contribution in [-0.2, 0) is 22.0 Å². The first-order chi connectivity index (χ1) is 15.2. The second-order valence-corrected chi connectivity index (χ2v) is 6.59. The topological polar surface area (TPSA) is 115 Å². The lowest BCUT2D eigenvalue weighted by Gasteiger charge is -2.19. The summed E-state index contributed by atoms with van der Waals surface area (Å²) in [4.78, 5) is 16.7. The van der Waals surface area contributed by atoms with Gasteiger partial charge in [-0.15, -0.1) is 0 Å². The molecule has 0 aliphatic carbocycles. The molecule has 0 saturated carbocycles. The fourth-order valence-electron chi connectivity index (χ4n) is 2.47. The van der Waals surface area contributed by atoms with Crippen molar-refractivity contribution in [2.75, 3.05) is 25.0 Å². The van der Waals surface area contributed by atoms with Gasteiger partial charge >= 0.3 is 0 Å². The van der Waals surface area contributed by atoms with E-state index in [1.54, 1.807) is 6.07 Å². The van der Waals surface area contributed by atoms with E-state index < -0.39 is 30.6 Å². The zero-order valence-electron chi connectivity index (χ0n) is 17.2. The van der Waals surface area contributed by atoms with Crippen molar-refractivity contribution in [3.63, 3.8) is 0 Å². The van der Waals surface area contributed by atoms with Gasteiger partial charge in [0.2, 0.25) is 11.9 Å². The Morgan fingerprint density at radius 1 is 1.22 bits per heavy atom. The fraction of sp³-hybridized carbons (Fsp3) is 0.300. The number of alkyl halides is 2. The number of guanidine groups is 1. The number of benzene rings is 2. The zero-order chi connectivity index (χ0) is 24.1. The number of nitrogens with two attached hydrogens (primary N) is 2. The van der Waals surface area contributed by atoms with Crippen molar-refractivity contribution in [1.29, 1.82) is 1.45 Å². The van der Waals surface area contributed by atoms with Crippen LogP contribution in [0.4, 0.5) is 23.6 Å². The van der Waals surface area contributed by atoms with Gasteiger partial charge in [0, 0.05) is 16.1 Å². The average Bonchev–Trinajstić information content (AvgIpc) is 2.77. The molecule has 0 aliphatic heterocycles. The third-order valence-electron chi connectivity index (χ3n) is 3.91. The normalized spacial score (nSPS) is 10.5. The number of halogens is 5. The number of rotatable bonds is 10. The van der Waals surface area contributed by atoms with Crippen molar-refractivity contribution in [1.82, 2.24) is 5.32 Å². The number of carbonyl (C=O) groups is 1. The van der Waals surface area contributed by atoms with E-state index in [4.69, 9.17) is 32.6 Å². The van der Waals surface area contributed by atoms with E-state index in [1.165, 1.54) is 36.4 Å². The van der Waals surface area contributed by atoms with E-state index in [0.717, 1.165) is 0 Å². The van der Waals surface area contributed by atoms with Crippen molar-refractivity contribution in [3.05, 3.63) is 64.4 Å². The van der Waals surface area contributed by atoms with E-state index in [0.29, 0.717) is 0 Å². The van der Waals surface area contributed by atoms with Gasteiger partial charge in [0.1, 0.15) is 6.61 Å². The highest BCUT2D eigenvalue weighted by atomic mass is 35.5. The molecule has 0 radical (unpaired) electrons. The van der Waals surface area contributed by atoms with Crippen LogP contribution in [0.2, 0.25) is 5.02 Å². The molecule has 0 saturated heterocycles. The number of hydrogen-bond donors (Lipinski definition) is 4. The second kappa shape index (κ2) is 13.3. The Labute approximate surface area is 189 Å². The number of nitrogens with one attached hydrogen (secondary N) is 2.